The van der Waals surface area contributed by atoms with Crippen LogP contribution in [0, 0.1) is 0 Å². The molecule has 0 radical (unpaired) electrons. The fourth-order valence-corrected chi connectivity index (χ4v) is 2.83. The maximum Gasteiger partial charge on any atom is 0.238 e. The number of hydrogen-bond donors (Lipinski definition) is 3. The molecule has 0 aromatic heterocycles. The second-order valence-corrected chi connectivity index (χ2v) is 7.26. The summed E-state index contributed by atoms with van der Waals surface area (Å²) in [6.45, 7) is 1.01. The van der Waals surface area contributed by atoms with Crippen LogP contribution in [0.2, 0.25) is 0 Å². The maximum atomic E-state index is 11.8. The van der Waals surface area contributed by atoms with Gasteiger partial charge in [-0.15, -0.1) is 0 Å². The quantitative estimate of drug-likeness (QED) is 0.613. The molecule has 0 aliphatic rings. The zero-order valence-electron chi connectivity index (χ0n) is 14.6. The van der Waals surface area contributed by atoms with Gasteiger partial charge in [0.15, 0.2) is 0 Å². The molecule has 1 amide bonds. The number of amides is 1. The van der Waals surface area contributed by atoms with E-state index >= 15 is 0 Å². The lowest BCUT2D eigenvalue weighted by atomic mass is 10.1. The van der Waals surface area contributed by atoms with Gasteiger partial charge in [-0.05, 0) is 48.4 Å². The number of anilines is 1. The number of nitrogens with two attached hydrogens (primary N) is 1. The Kier molecular flexibility index (Phi) is 6.99. The first-order valence-electron chi connectivity index (χ1n) is 8.15. The summed E-state index contributed by atoms with van der Waals surface area (Å²) < 4.78 is 27.5. The first-order valence-corrected chi connectivity index (χ1v) is 9.69. The van der Waals surface area contributed by atoms with Gasteiger partial charge < -0.3 is 15.4 Å². The largest absolute Gasteiger partial charge is 0.497 e. The Labute approximate surface area is 153 Å². The number of benzene rings is 2. The van der Waals surface area contributed by atoms with E-state index in [0.29, 0.717) is 25.9 Å². The van der Waals surface area contributed by atoms with E-state index < -0.39 is 10.0 Å². The molecule has 2 rings (SSSR count). The molecule has 0 aliphatic carbocycles. The van der Waals surface area contributed by atoms with Crippen molar-refractivity contribution in [1.82, 2.24) is 5.32 Å². The molecule has 0 aliphatic heterocycles. The highest BCUT2D eigenvalue weighted by Crippen LogP contribution is 2.14. The van der Waals surface area contributed by atoms with Crippen LogP contribution < -0.4 is 20.5 Å². The lowest BCUT2D eigenvalue weighted by Crippen LogP contribution is -2.27. The summed E-state index contributed by atoms with van der Waals surface area (Å²) in [6.07, 6.45) is 0.971. The Balaban J connectivity index is 1.67. The summed E-state index contributed by atoms with van der Waals surface area (Å²) in [5.41, 5.74) is 1.85. The number of primary sulfonamides is 1. The van der Waals surface area contributed by atoms with Crippen LogP contribution >= 0.6 is 0 Å². The molecule has 0 bridgehead atoms. The van der Waals surface area contributed by atoms with E-state index in [1.165, 1.54) is 12.1 Å². The number of hydrogen-bond acceptors (Lipinski definition) is 5. The highest BCUT2D eigenvalue weighted by Gasteiger charge is 2.07. The lowest BCUT2D eigenvalue weighted by Gasteiger charge is -2.08. The van der Waals surface area contributed by atoms with Gasteiger partial charge in [-0.1, -0.05) is 12.1 Å². The minimum atomic E-state index is -3.67. The molecule has 0 saturated carbocycles. The Hall–Kier alpha value is -2.58. The smallest absolute Gasteiger partial charge is 0.238 e. The number of ether oxygens (including phenoxy) is 1. The molecular weight excluding hydrogens is 354 g/mol. The van der Waals surface area contributed by atoms with Gasteiger partial charge in [0.25, 0.3) is 0 Å². The minimum absolute atomic E-state index is 0.0489. The molecular formula is C18H23N3O4S. The topological polar surface area (TPSA) is 111 Å². The minimum Gasteiger partial charge on any atom is -0.497 e. The predicted molar refractivity (Wildman–Crippen MR) is 101 cm³/mol. The van der Waals surface area contributed by atoms with Crippen molar-refractivity contribution in [3.8, 4) is 5.75 Å². The van der Waals surface area contributed by atoms with E-state index in [4.69, 9.17) is 9.88 Å². The first-order chi connectivity index (χ1) is 12.4. The Morgan fingerprint density at radius 2 is 1.69 bits per heavy atom. The van der Waals surface area contributed by atoms with Crippen molar-refractivity contribution in [2.75, 3.05) is 25.5 Å². The zero-order valence-corrected chi connectivity index (χ0v) is 15.4. The van der Waals surface area contributed by atoms with Gasteiger partial charge in [0.1, 0.15) is 5.75 Å². The van der Waals surface area contributed by atoms with Crippen LogP contribution in [-0.4, -0.2) is 34.5 Å². The summed E-state index contributed by atoms with van der Waals surface area (Å²) in [4.78, 5) is 11.9. The van der Waals surface area contributed by atoms with Crippen LogP contribution in [0.1, 0.15) is 12.0 Å². The Morgan fingerprint density at radius 1 is 1.04 bits per heavy atom. The monoisotopic (exact) mass is 377 g/mol. The van der Waals surface area contributed by atoms with Gasteiger partial charge in [0.2, 0.25) is 15.9 Å². The zero-order chi connectivity index (χ0) is 19.0. The molecule has 0 atom stereocenters. The Morgan fingerprint density at radius 3 is 2.27 bits per heavy atom. The fraction of sp³-hybridized carbons (Fsp3) is 0.278. The Bertz CT molecular complexity index is 819. The van der Waals surface area contributed by atoms with Crippen molar-refractivity contribution in [1.29, 1.82) is 0 Å². The summed E-state index contributed by atoms with van der Waals surface area (Å²) in [6, 6.07) is 13.8. The highest BCUT2D eigenvalue weighted by atomic mass is 32.2. The molecule has 2 aromatic rings. The number of sulfonamides is 1. The molecule has 0 unspecified atom stereocenters. The molecule has 2 aromatic carbocycles. The number of nitrogens with one attached hydrogen (secondary N) is 2. The van der Waals surface area contributed by atoms with E-state index in [0.717, 1.165) is 17.0 Å². The van der Waals surface area contributed by atoms with Gasteiger partial charge in [0.05, 0.1) is 12.0 Å². The second kappa shape index (κ2) is 9.21. The predicted octanol–water partition coefficient (Wildman–Crippen LogP) is 1.50. The second-order valence-electron chi connectivity index (χ2n) is 5.69. The third kappa shape index (κ3) is 6.38. The summed E-state index contributed by atoms with van der Waals surface area (Å²) in [5.74, 6) is 0.734. The highest BCUT2D eigenvalue weighted by molar-refractivity contribution is 7.89. The van der Waals surface area contributed by atoms with Gasteiger partial charge in [-0.25, -0.2) is 13.6 Å². The standard InChI is InChI=1S/C18H23N3O4S/c1-25-16-6-4-15(5-7-16)20-13-11-18(22)21-12-10-14-2-8-17(9-3-14)26(19,23)24/h2-9,20H,10-13H2,1H3,(H,21,22)(H2,19,23,24). The summed E-state index contributed by atoms with van der Waals surface area (Å²) in [5, 5.41) is 11.1. The van der Waals surface area contributed by atoms with E-state index in [1.807, 2.05) is 24.3 Å². The molecule has 0 heterocycles. The van der Waals surface area contributed by atoms with Crippen molar-refractivity contribution in [2.45, 2.75) is 17.7 Å². The van der Waals surface area contributed by atoms with Gasteiger partial charge in [-0.3, -0.25) is 4.79 Å². The summed E-state index contributed by atoms with van der Waals surface area (Å²) >= 11 is 0. The third-order valence-corrected chi connectivity index (χ3v) is 4.69. The molecule has 140 valence electrons. The molecule has 26 heavy (non-hydrogen) atoms. The average Bonchev–Trinajstić information content (AvgIpc) is 2.62. The van der Waals surface area contributed by atoms with E-state index in [2.05, 4.69) is 10.6 Å². The molecule has 4 N–H and O–H groups in total. The van der Waals surface area contributed by atoms with Crippen molar-refractivity contribution in [3.05, 3.63) is 54.1 Å². The number of carbonyl (C=O) groups excluding carboxylic acids is 1. The van der Waals surface area contributed by atoms with Crippen LogP contribution in [0.5, 0.6) is 5.75 Å². The van der Waals surface area contributed by atoms with E-state index in [9.17, 15) is 13.2 Å². The van der Waals surface area contributed by atoms with Crippen molar-refractivity contribution < 1.29 is 17.9 Å². The van der Waals surface area contributed by atoms with Crippen molar-refractivity contribution in [2.24, 2.45) is 5.14 Å². The molecule has 7 nitrogen and oxygen atoms in total. The molecule has 0 fully saturated rings. The molecule has 0 spiro atoms. The van der Waals surface area contributed by atoms with E-state index in [-0.39, 0.29) is 10.8 Å². The number of carbonyl (C=O) groups is 1. The maximum absolute atomic E-state index is 11.8. The number of methoxy groups -OCH3 is 1. The van der Waals surface area contributed by atoms with Crippen LogP contribution in [0.15, 0.2) is 53.4 Å². The van der Waals surface area contributed by atoms with Crippen LogP contribution in [0.25, 0.3) is 0 Å². The van der Waals surface area contributed by atoms with Crippen molar-refractivity contribution >= 4 is 21.6 Å². The van der Waals surface area contributed by atoms with Crippen LogP contribution in [-0.2, 0) is 21.2 Å². The average molecular weight is 377 g/mol. The first kappa shape index (κ1) is 19.7. The number of rotatable bonds is 9. The van der Waals surface area contributed by atoms with E-state index in [1.54, 1.807) is 19.2 Å². The summed E-state index contributed by atoms with van der Waals surface area (Å²) in [7, 11) is -2.06. The van der Waals surface area contributed by atoms with Gasteiger partial charge >= 0.3 is 0 Å². The third-order valence-electron chi connectivity index (χ3n) is 3.76. The van der Waals surface area contributed by atoms with Crippen molar-refractivity contribution in [3.63, 3.8) is 0 Å². The molecule has 0 saturated heterocycles. The van der Waals surface area contributed by atoms with Crippen LogP contribution in [0.3, 0.4) is 0 Å². The van der Waals surface area contributed by atoms with Gasteiger partial charge in [-0.2, -0.15) is 0 Å². The normalized spacial score (nSPS) is 11.0. The fourth-order valence-electron chi connectivity index (χ4n) is 2.31. The van der Waals surface area contributed by atoms with Crippen LogP contribution in [0.4, 0.5) is 5.69 Å². The molecule has 8 heteroatoms. The SMILES string of the molecule is COc1ccc(NCCC(=O)NCCc2ccc(S(N)(=O)=O)cc2)cc1. The lowest BCUT2D eigenvalue weighted by molar-refractivity contribution is -0.120. The van der Waals surface area contributed by atoms with Gasteiger partial charge in [0, 0.05) is 25.2 Å².